The zero-order valence-electron chi connectivity index (χ0n) is 17.7. The molecule has 0 atom stereocenters. The van der Waals surface area contributed by atoms with E-state index in [1.807, 2.05) is 0 Å². The number of rotatable bonds is 14. The van der Waals surface area contributed by atoms with Gasteiger partial charge < -0.3 is 0 Å². The van der Waals surface area contributed by atoms with E-state index < -0.39 is 0 Å². The molecule has 2 aromatic rings. The molecular formula is C25H40N2+2. The highest BCUT2D eigenvalue weighted by Gasteiger charge is 2.05. The molecule has 0 saturated carbocycles. The summed E-state index contributed by atoms with van der Waals surface area (Å²) in [6, 6.07) is 8.98. The van der Waals surface area contributed by atoms with E-state index in [0.717, 1.165) is 13.1 Å². The van der Waals surface area contributed by atoms with E-state index in [-0.39, 0.29) is 0 Å². The maximum absolute atomic E-state index is 2.33. The Bertz CT molecular complexity index is 601. The lowest BCUT2D eigenvalue weighted by Gasteiger charge is -2.02. The Labute approximate surface area is 167 Å². The van der Waals surface area contributed by atoms with Gasteiger partial charge in [0.15, 0.2) is 24.8 Å². The van der Waals surface area contributed by atoms with Crippen LogP contribution in [0.2, 0.25) is 0 Å². The zero-order valence-corrected chi connectivity index (χ0v) is 17.7. The lowest BCUT2D eigenvalue weighted by atomic mass is 10.1. The Morgan fingerprint density at radius 1 is 0.481 bits per heavy atom. The molecule has 0 amide bonds. The van der Waals surface area contributed by atoms with Gasteiger partial charge in [-0.15, -0.1) is 0 Å². The summed E-state index contributed by atoms with van der Waals surface area (Å²) >= 11 is 0. The van der Waals surface area contributed by atoms with Gasteiger partial charge in [0.1, 0.15) is 13.1 Å². The number of nitrogens with zero attached hydrogens (tertiary/aromatic N) is 2. The van der Waals surface area contributed by atoms with Crippen molar-refractivity contribution in [2.24, 2.45) is 0 Å². The predicted octanol–water partition coefficient (Wildman–Crippen LogP) is 6.26. The Morgan fingerprint density at radius 3 is 1.26 bits per heavy atom. The largest absolute Gasteiger partial charge is 0.205 e. The van der Waals surface area contributed by atoms with Crippen LogP contribution in [0.1, 0.15) is 84.5 Å². The number of aromatic nitrogens is 2. The molecule has 27 heavy (non-hydrogen) atoms. The average molecular weight is 369 g/mol. The van der Waals surface area contributed by atoms with E-state index in [1.165, 1.54) is 81.8 Å². The molecule has 0 radical (unpaired) electrons. The first kappa shape index (κ1) is 21.6. The first-order valence-corrected chi connectivity index (χ1v) is 11.3. The summed E-state index contributed by atoms with van der Waals surface area (Å²) in [5.41, 5.74) is 2.61. The normalized spacial score (nSPS) is 11.0. The monoisotopic (exact) mass is 368 g/mol. The molecule has 0 saturated heterocycles. The summed E-state index contributed by atoms with van der Waals surface area (Å²) in [6.07, 6.45) is 23.8. The molecule has 2 heterocycles. The summed E-state index contributed by atoms with van der Waals surface area (Å²) in [4.78, 5) is 0. The van der Waals surface area contributed by atoms with E-state index in [0.29, 0.717) is 0 Å². The van der Waals surface area contributed by atoms with Crippen LogP contribution < -0.4 is 9.13 Å². The van der Waals surface area contributed by atoms with Crippen molar-refractivity contribution in [3.63, 3.8) is 0 Å². The van der Waals surface area contributed by atoms with E-state index in [9.17, 15) is 0 Å². The smallest absolute Gasteiger partial charge is 0.169 e. The Kier molecular flexibility index (Phi) is 10.8. The molecule has 0 spiro atoms. The van der Waals surface area contributed by atoms with Crippen LogP contribution in [0.3, 0.4) is 0 Å². The Morgan fingerprint density at radius 2 is 0.815 bits per heavy atom. The topological polar surface area (TPSA) is 7.76 Å². The van der Waals surface area contributed by atoms with Crippen molar-refractivity contribution in [1.82, 2.24) is 0 Å². The van der Waals surface area contributed by atoms with Crippen molar-refractivity contribution < 1.29 is 9.13 Å². The number of hydrogen-bond donors (Lipinski definition) is 0. The molecule has 0 N–H and O–H groups in total. The highest BCUT2D eigenvalue weighted by Crippen LogP contribution is 2.16. The fourth-order valence-corrected chi connectivity index (χ4v) is 3.57. The fourth-order valence-electron chi connectivity index (χ4n) is 3.57. The van der Waals surface area contributed by atoms with Crippen LogP contribution in [0.5, 0.6) is 0 Å². The first-order chi connectivity index (χ1) is 13.3. The molecule has 2 aromatic heterocycles. The van der Waals surface area contributed by atoms with Crippen molar-refractivity contribution >= 4 is 0 Å². The molecule has 0 bridgehead atoms. The second kappa shape index (κ2) is 13.5. The Balaban J connectivity index is 1.70. The van der Waals surface area contributed by atoms with Gasteiger partial charge in [-0.1, -0.05) is 58.8 Å². The minimum absolute atomic E-state index is 1.13. The summed E-state index contributed by atoms with van der Waals surface area (Å²) < 4.78 is 4.62. The third-order valence-corrected chi connectivity index (χ3v) is 5.41. The van der Waals surface area contributed by atoms with E-state index >= 15 is 0 Å². The summed E-state index contributed by atoms with van der Waals surface area (Å²) in [7, 11) is 0. The molecule has 148 valence electrons. The quantitative estimate of drug-likeness (QED) is 0.275. The van der Waals surface area contributed by atoms with Gasteiger partial charge in [0.2, 0.25) is 0 Å². The van der Waals surface area contributed by atoms with Crippen LogP contribution >= 0.6 is 0 Å². The summed E-state index contributed by atoms with van der Waals surface area (Å²) in [5.74, 6) is 0. The van der Waals surface area contributed by atoms with E-state index in [4.69, 9.17) is 0 Å². The molecule has 0 aliphatic carbocycles. The van der Waals surface area contributed by atoms with Crippen LogP contribution in [0.25, 0.3) is 11.1 Å². The minimum atomic E-state index is 1.13. The molecule has 0 aliphatic heterocycles. The van der Waals surface area contributed by atoms with Gasteiger partial charge in [0, 0.05) is 37.1 Å². The van der Waals surface area contributed by atoms with E-state index in [2.05, 4.69) is 72.0 Å². The molecule has 2 heteroatoms. The van der Waals surface area contributed by atoms with Gasteiger partial charge in [-0.3, -0.25) is 0 Å². The second-order valence-corrected chi connectivity index (χ2v) is 7.83. The van der Waals surface area contributed by atoms with Gasteiger partial charge >= 0.3 is 0 Å². The molecule has 0 aromatic carbocycles. The highest BCUT2D eigenvalue weighted by molar-refractivity contribution is 5.60. The SMILES string of the molecule is CCCCCCCCCC[n+]1ccc(-c2cc[n+](CCCCC)cc2)cc1. The zero-order chi connectivity index (χ0) is 19.2. The standard InChI is InChI=1S/C25H40N2/c1-3-5-7-8-9-10-11-13-19-27-22-16-25(17-23-27)24-14-20-26(21-15-24)18-12-6-4-2/h14-17,20-23H,3-13,18-19H2,1-2H3/q+2. The predicted molar refractivity (Wildman–Crippen MR) is 114 cm³/mol. The molecule has 2 rings (SSSR count). The number of hydrogen-bond acceptors (Lipinski definition) is 0. The van der Waals surface area contributed by atoms with Crippen molar-refractivity contribution in [2.45, 2.75) is 97.6 Å². The molecule has 0 fully saturated rings. The van der Waals surface area contributed by atoms with Crippen LogP contribution in [-0.2, 0) is 13.1 Å². The maximum atomic E-state index is 2.33. The summed E-state index contributed by atoms with van der Waals surface area (Å²) in [6.45, 7) is 6.80. The fraction of sp³-hybridized carbons (Fsp3) is 0.600. The molecular weight excluding hydrogens is 328 g/mol. The van der Waals surface area contributed by atoms with E-state index in [1.54, 1.807) is 0 Å². The first-order valence-electron chi connectivity index (χ1n) is 11.3. The van der Waals surface area contributed by atoms with Crippen molar-refractivity contribution in [3.05, 3.63) is 49.1 Å². The third kappa shape index (κ3) is 8.69. The van der Waals surface area contributed by atoms with Crippen LogP contribution in [0, 0.1) is 0 Å². The van der Waals surface area contributed by atoms with Crippen LogP contribution in [-0.4, -0.2) is 0 Å². The maximum Gasteiger partial charge on any atom is 0.169 e. The van der Waals surface area contributed by atoms with Gasteiger partial charge in [-0.25, -0.2) is 9.13 Å². The third-order valence-electron chi connectivity index (χ3n) is 5.41. The van der Waals surface area contributed by atoms with Crippen molar-refractivity contribution in [1.29, 1.82) is 0 Å². The second-order valence-electron chi connectivity index (χ2n) is 7.83. The van der Waals surface area contributed by atoms with Gasteiger partial charge in [-0.05, 0) is 24.0 Å². The lowest BCUT2D eigenvalue weighted by molar-refractivity contribution is -0.697. The van der Waals surface area contributed by atoms with Crippen LogP contribution in [0.15, 0.2) is 49.1 Å². The number of pyridine rings is 2. The average Bonchev–Trinajstić information content (AvgIpc) is 2.71. The molecule has 0 unspecified atom stereocenters. The van der Waals surface area contributed by atoms with Crippen molar-refractivity contribution in [2.75, 3.05) is 0 Å². The molecule has 0 aliphatic rings. The molecule has 2 nitrogen and oxygen atoms in total. The Hall–Kier alpha value is -1.70. The van der Waals surface area contributed by atoms with Gasteiger partial charge in [-0.2, -0.15) is 0 Å². The van der Waals surface area contributed by atoms with Gasteiger partial charge in [0.05, 0.1) is 0 Å². The van der Waals surface area contributed by atoms with Crippen LogP contribution in [0.4, 0.5) is 0 Å². The number of aryl methyl sites for hydroxylation is 2. The highest BCUT2D eigenvalue weighted by atomic mass is 14.9. The summed E-state index contributed by atoms with van der Waals surface area (Å²) in [5, 5.41) is 0. The minimum Gasteiger partial charge on any atom is -0.205 e. The van der Waals surface area contributed by atoms with Crippen molar-refractivity contribution in [3.8, 4) is 11.1 Å². The lowest BCUT2D eigenvalue weighted by Crippen LogP contribution is -2.33. The number of unbranched alkanes of at least 4 members (excludes halogenated alkanes) is 9. The van der Waals surface area contributed by atoms with Gasteiger partial charge in [0.25, 0.3) is 0 Å².